The van der Waals surface area contributed by atoms with Crippen LogP contribution in [0.25, 0.3) is 0 Å². The van der Waals surface area contributed by atoms with Gasteiger partial charge in [0.15, 0.2) is 0 Å². The Kier molecular flexibility index (Phi) is 4.08. The van der Waals surface area contributed by atoms with Crippen LogP contribution in [-0.4, -0.2) is 47.8 Å². The lowest BCUT2D eigenvalue weighted by Crippen LogP contribution is -2.56. The van der Waals surface area contributed by atoms with Crippen molar-refractivity contribution >= 4 is 11.8 Å². The third kappa shape index (κ3) is 3.09. The van der Waals surface area contributed by atoms with Crippen LogP contribution < -0.4 is 0 Å². The van der Waals surface area contributed by atoms with E-state index in [2.05, 4.69) is 20.8 Å². The Hall–Kier alpha value is -1.84. The van der Waals surface area contributed by atoms with Gasteiger partial charge in [0.25, 0.3) is 5.91 Å². The molecule has 1 aromatic rings. The number of hydrogen-bond donors (Lipinski definition) is 0. The standard InChI is InChI=1S/C17H24N2O2/c1-12-15(20)18(5)10-11-19(12)16(21)13-6-8-14(9-7-13)17(2,3)4/h6-9,12H,10-11H2,1-5H3. The summed E-state index contributed by atoms with van der Waals surface area (Å²) in [6.45, 7) is 9.40. The van der Waals surface area contributed by atoms with Gasteiger partial charge in [0, 0.05) is 25.7 Å². The zero-order valence-electron chi connectivity index (χ0n) is 13.5. The Labute approximate surface area is 126 Å². The molecule has 1 aliphatic rings. The summed E-state index contributed by atoms with van der Waals surface area (Å²) >= 11 is 0. The van der Waals surface area contributed by atoms with Gasteiger partial charge in [0.05, 0.1) is 0 Å². The van der Waals surface area contributed by atoms with E-state index in [-0.39, 0.29) is 17.2 Å². The van der Waals surface area contributed by atoms with Crippen molar-refractivity contribution in [1.82, 2.24) is 9.80 Å². The lowest BCUT2D eigenvalue weighted by molar-refractivity contribution is -0.137. The summed E-state index contributed by atoms with van der Waals surface area (Å²) in [5.41, 5.74) is 1.91. The van der Waals surface area contributed by atoms with Gasteiger partial charge in [0.2, 0.25) is 5.91 Å². The van der Waals surface area contributed by atoms with Gasteiger partial charge in [-0.05, 0) is 30.0 Å². The van der Waals surface area contributed by atoms with Gasteiger partial charge in [-0.1, -0.05) is 32.9 Å². The molecule has 0 aromatic heterocycles. The minimum Gasteiger partial charge on any atom is -0.342 e. The molecule has 0 spiro atoms. The van der Waals surface area contributed by atoms with Crippen LogP contribution in [0.1, 0.15) is 43.6 Å². The second kappa shape index (κ2) is 5.51. The quantitative estimate of drug-likeness (QED) is 0.795. The van der Waals surface area contributed by atoms with Crippen LogP contribution in [0, 0.1) is 0 Å². The Balaban J connectivity index is 2.19. The largest absolute Gasteiger partial charge is 0.342 e. The number of carbonyl (C=O) groups excluding carboxylic acids is 2. The maximum Gasteiger partial charge on any atom is 0.254 e. The smallest absolute Gasteiger partial charge is 0.254 e. The van der Waals surface area contributed by atoms with Gasteiger partial charge in [-0.15, -0.1) is 0 Å². The Bertz CT molecular complexity index is 543. The molecule has 1 fully saturated rings. The number of amides is 2. The number of hydrogen-bond acceptors (Lipinski definition) is 2. The van der Waals surface area contributed by atoms with E-state index in [1.165, 1.54) is 5.56 Å². The molecule has 1 aromatic carbocycles. The maximum atomic E-state index is 12.6. The van der Waals surface area contributed by atoms with Gasteiger partial charge in [-0.3, -0.25) is 9.59 Å². The van der Waals surface area contributed by atoms with Crippen molar-refractivity contribution in [3.8, 4) is 0 Å². The van der Waals surface area contributed by atoms with Crippen molar-refractivity contribution < 1.29 is 9.59 Å². The summed E-state index contributed by atoms with van der Waals surface area (Å²) < 4.78 is 0. The van der Waals surface area contributed by atoms with E-state index in [1.807, 2.05) is 24.3 Å². The maximum absolute atomic E-state index is 12.6. The predicted molar refractivity (Wildman–Crippen MR) is 83.3 cm³/mol. The van der Waals surface area contributed by atoms with E-state index < -0.39 is 6.04 Å². The monoisotopic (exact) mass is 288 g/mol. The molecule has 2 rings (SSSR count). The van der Waals surface area contributed by atoms with Crippen LogP contribution in [0.3, 0.4) is 0 Å². The van der Waals surface area contributed by atoms with Gasteiger partial charge in [-0.2, -0.15) is 0 Å². The van der Waals surface area contributed by atoms with Gasteiger partial charge in [-0.25, -0.2) is 0 Å². The highest BCUT2D eigenvalue weighted by atomic mass is 16.2. The zero-order chi connectivity index (χ0) is 15.8. The molecule has 4 heteroatoms. The van der Waals surface area contributed by atoms with Crippen molar-refractivity contribution in [2.45, 2.75) is 39.2 Å². The van der Waals surface area contributed by atoms with E-state index in [9.17, 15) is 9.59 Å². The second-order valence-corrected chi connectivity index (χ2v) is 6.76. The number of benzene rings is 1. The first-order valence-electron chi connectivity index (χ1n) is 7.38. The highest BCUT2D eigenvalue weighted by molar-refractivity contribution is 5.98. The Morgan fingerprint density at radius 3 is 2.24 bits per heavy atom. The van der Waals surface area contributed by atoms with Gasteiger partial charge < -0.3 is 9.80 Å². The molecule has 0 radical (unpaired) electrons. The van der Waals surface area contributed by atoms with Crippen LogP contribution in [0.15, 0.2) is 24.3 Å². The zero-order valence-corrected chi connectivity index (χ0v) is 13.5. The van der Waals surface area contributed by atoms with Crippen molar-refractivity contribution in [2.24, 2.45) is 0 Å². The molecule has 1 heterocycles. The van der Waals surface area contributed by atoms with Crippen LogP contribution in [0.2, 0.25) is 0 Å². The lowest BCUT2D eigenvalue weighted by Gasteiger charge is -2.37. The minimum atomic E-state index is -0.390. The molecule has 0 aliphatic carbocycles. The average Bonchev–Trinajstić information content (AvgIpc) is 2.43. The molecule has 2 amide bonds. The van der Waals surface area contributed by atoms with E-state index >= 15 is 0 Å². The SMILES string of the molecule is CC1C(=O)N(C)CCN1C(=O)c1ccc(C(C)(C)C)cc1. The summed E-state index contributed by atoms with van der Waals surface area (Å²) in [4.78, 5) is 27.9. The molecule has 1 saturated heterocycles. The highest BCUT2D eigenvalue weighted by Crippen LogP contribution is 2.23. The number of rotatable bonds is 1. The molecule has 21 heavy (non-hydrogen) atoms. The molecule has 1 aliphatic heterocycles. The van der Waals surface area contributed by atoms with Crippen molar-refractivity contribution in [3.63, 3.8) is 0 Å². The number of carbonyl (C=O) groups is 2. The summed E-state index contributed by atoms with van der Waals surface area (Å²) in [6, 6.07) is 7.32. The first-order chi connectivity index (χ1) is 9.71. The van der Waals surface area contributed by atoms with Crippen LogP contribution in [0.5, 0.6) is 0 Å². The van der Waals surface area contributed by atoms with Crippen LogP contribution in [-0.2, 0) is 10.2 Å². The second-order valence-electron chi connectivity index (χ2n) is 6.76. The van der Waals surface area contributed by atoms with E-state index in [1.54, 1.807) is 23.8 Å². The lowest BCUT2D eigenvalue weighted by atomic mass is 9.86. The van der Waals surface area contributed by atoms with Crippen LogP contribution >= 0.6 is 0 Å². The average molecular weight is 288 g/mol. The molecule has 0 N–H and O–H groups in total. The first-order valence-corrected chi connectivity index (χ1v) is 7.38. The summed E-state index contributed by atoms with van der Waals surface area (Å²) in [5.74, 6) is -0.0645. The van der Waals surface area contributed by atoms with Gasteiger partial charge in [0.1, 0.15) is 6.04 Å². The summed E-state index contributed by atoms with van der Waals surface area (Å²) in [5, 5.41) is 0. The van der Waals surface area contributed by atoms with E-state index in [0.717, 1.165) is 0 Å². The van der Waals surface area contributed by atoms with Crippen molar-refractivity contribution in [3.05, 3.63) is 35.4 Å². The number of likely N-dealkylation sites (N-methyl/N-ethyl adjacent to an activating group) is 1. The molecular formula is C17H24N2O2. The molecule has 114 valence electrons. The fraction of sp³-hybridized carbons (Fsp3) is 0.529. The number of nitrogens with zero attached hydrogens (tertiary/aromatic N) is 2. The number of piperazine rings is 1. The van der Waals surface area contributed by atoms with Crippen molar-refractivity contribution in [1.29, 1.82) is 0 Å². The van der Waals surface area contributed by atoms with Gasteiger partial charge >= 0.3 is 0 Å². The normalized spacial score (nSPS) is 19.9. The molecule has 0 bridgehead atoms. The third-order valence-corrected chi connectivity index (χ3v) is 4.14. The first kappa shape index (κ1) is 15.5. The topological polar surface area (TPSA) is 40.6 Å². The predicted octanol–water partition coefficient (Wildman–Crippen LogP) is 2.29. The Morgan fingerprint density at radius 1 is 1.14 bits per heavy atom. The van der Waals surface area contributed by atoms with Crippen molar-refractivity contribution in [2.75, 3.05) is 20.1 Å². The fourth-order valence-electron chi connectivity index (χ4n) is 2.57. The van der Waals surface area contributed by atoms with Crippen LogP contribution in [0.4, 0.5) is 0 Å². The highest BCUT2D eigenvalue weighted by Gasteiger charge is 2.32. The molecule has 1 atom stereocenters. The summed E-state index contributed by atoms with van der Waals surface area (Å²) in [7, 11) is 1.78. The fourth-order valence-corrected chi connectivity index (χ4v) is 2.57. The molecule has 4 nitrogen and oxygen atoms in total. The van der Waals surface area contributed by atoms with E-state index in [4.69, 9.17) is 0 Å². The third-order valence-electron chi connectivity index (χ3n) is 4.14. The molecule has 0 saturated carbocycles. The molecular weight excluding hydrogens is 264 g/mol. The minimum absolute atomic E-state index is 0.000844. The summed E-state index contributed by atoms with van der Waals surface area (Å²) in [6.07, 6.45) is 0. The van der Waals surface area contributed by atoms with E-state index in [0.29, 0.717) is 18.7 Å². The Morgan fingerprint density at radius 2 is 1.71 bits per heavy atom. The molecule has 1 unspecified atom stereocenters.